The number of hydrogen-bond acceptors (Lipinski definition) is 7. The topological polar surface area (TPSA) is 118 Å². The van der Waals surface area contributed by atoms with Gasteiger partial charge in [0.15, 0.2) is 11.6 Å². The van der Waals surface area contributed by atoms with Gasteiger partial charge in [0.2, 0.25) is 0 Å². The predicted molar refractivity (Wildman–Crippen MR) is 96.2 cm³/mol. The number of nitrogens with one attached hydrogen (secondary N) is 3. The molecule has 1 amide bonds. The molecule has 0 fully saturated rings. The van der Waals surface area contributed by atoms with Crippen LogP contribution in [0.5, 0.6) is 0 Å². The first-order chi connectivity index (χ1) is 12.1. The number of carbonyl (C=O) groups is 1. The number of anilines is 4. The Balaban J connectivity index is 1.73. The van der Waals surface area contributed by atoms with Gasteiger partial charge in [-0.3, -0.25) is 20.6 Å². The van der Waals surface area contributed by atoms with Crippen LogP contribution in [-0.4, -0.2) is 20.9 Å². The van der Waals surface area contributed by atoms with Gasteiger partial charge in [-0.25, -0.2) is 9.97 Å². The average Bonchev–Trinajstić information content (AvgIpc) is 2.64. The van der Waals surface area contributed by atoms with Crippen molar-refractivity contribution < 1.29 is 4.79 Å². The van der Waals surface area contributed by atoms with E-state index in [1.54, 1.807) is 18.2 Å². The van der Waals surface area contributed by atoms with Crippen molar-refractivity contribution in [3.05, 3.63) is 66.2 Å². The number of amides is 1. The fraction of sp³-hybridized carbons (Fsp3) is 0.0588. The van der Waals surface area contributed by atoms with E-state index in [9.17, 15) is 4.79 Å². The summed E-state index contributed by atoms with van der Waals surface area (Å²) < 4.78 is 0. The molecule has 126 valence electrons. The molecule has 0 aliphatic rings. The highest BCUT2D eigenvalue weighted by molar-refractivity contribution is 5.93. The van der Waals surface area contributed by atoms with Gasteiger partial charge in [0.1, 0.15) is 17.7 Å². The molecular weight excluding hydrogens is 318 g/mol. The van der Waals surface area contributed by atoms with Crippen LogP contribution in [0.4, 0.5) is 23.0 Å². The van der Waals surface area contributed by atoms with Gasteiger partial charge in [0.25, 0.3) is 5.91 Å². The van der Waals surface area contributed by atoms with E-state index in [1.807, 2.05) is 31.2 Å². The molecule has 1 aromatic carbocycles. The minimum atomic E-state index is -0.396. The number of carbonyl (C=O) groups excluding carboxylic acids is 1. The predicted octanol–water partition coefficient (Wildman–Crippen LogP) is 2.26. The standard InChI is InChI=1S/C17H17N7O/c1-11-6-2-3-7-12(11)22-15-14(18)16(21-10-20-15)23-24-17(25)13-8-4-5-9-19-13/h2-10H,18H2,1H3,(H,24,25)(H2,20,21,22,23). The van der Waals surface area contributed by atoms with Crippen molar-refractivity contribution in [2.75, 3.05) is 16.5 Å². The number of hydrazine groups is 1. The molecule has 0 radical (unpaired) electrons. The second-order valence-corrected chi connectivity index (χ2v) is 5.22. The molecular formula is C17H17N7O. The second-order valence-electron chi connectivity index (χ2n) is 5.22. The normalized spacial score (nSPS) is 10.1. The molecule has 8 heteroatoms. The molecule has 0 aliphatic carbocycles. The van der Waals surface area contributed by atoms with Crippen LogP contribution < -0.4 is 21.9 Å². The zero-order valence-corrected chi connectivity index (χ0v) is 13.5. The molecule has 0 saturated carbocycles. The lowest BCUT2D eigenvalue weighted by Gasteiger charge is -2.14. The first-order valence-corrected chi connectivity index (χ1v) is 7.55. The molecule has 25 heavy (non-hydrogen) atoms. The molecule has 2 heterocycles. The number of hydrogen-bond donors (Lipinski definition) is 4. The van der Waals surface area contributed by atoms with Gasteiger partial charge in [0.05, 0.1) is 0 Å². The van der Waals surface area contributed by atoms with Crippen molar-refractivity contribution in [3.8, 4) is 0 Å². The zero-order valence-electron chi connectivity index (χ0n) is 13.5. The summed E-state index contributed by atoms with van der Waals surface area (Å²) in [4.78, 5) is 24.2. The first-order valence-electron chi connectivity index (χ1n) is 7.55. The van der Waals surface area contributed by atoms with Crippen molar-refractivity contribution >= 4 is 28.9 Å². The Kier molecular flexibility index (Phi) is 4.70. The average molecular weight is 335 g/mol. The van der Waals surface area contributed by atoms with Crippen LogP contribution in [0.3, 0.4) is 0 Å². The Labute approximate surface area is 144 Å². The van der Waals surface area contributed by atoms with E-state index < -0.39 is 5.91 Å². The Morgan fingerprint density at radius 3 is 2.52 bits per heavy atom. The van der Waals surface area contributed by atoms with Crippen molar-refractivity contribution in [3.63, 3.8) is 0 Å². The van der Waals surface area contributed by atoms with Crippen LogP contribution in [-0.2, 0) is 0 Å². The first kappa shape index (κ1) is 16.2. The van der Waals surface area contributed by atoms with E-state index in [1.165, 1.54) is 12.5 Å². The van der Waals surface area contributed by atoms with Crippen LogP contribution in [0, 0.1) is 6.92 Å². The maximum absolute atomic E-state index is 12.0. The summed E-state index contributed by atoms with van der Waals surface area (Å²) in [5, 5.41) is 3.16. The lowest BCUT2D eigenvalue weighted by atomic mass is 10.2. The molecule has 0 bridgehead atoms. The monoisotopic (exact) mass is 335 g/mol. The Morgan fingerprint density at radius 2 is 1.76 bits per heavy atom. The van der Waals surface area contributed by atoms with E-state index in [2.05, 4.69) is 31.1 Å². The summed E-state index contributed by atoms with van der Waals surface area (Å²) >= 11 is 0. The number of benzene rings is 1. The van der Waals surface area contributed by atoms with Gasteiger partial charge in [-0.1, -0.05) is 24.3 Å². The van der Waals surface area contributed by atoms with Crippen LogP contribution in [0.1, 0.15) is 16.1 Å². The number of nitrogen functional groups attached to an aromatic ring is 1. The number of aryl methyl sites for hydroxylation is 1. The van der Waals surface area contributed by atoms with Gasteiger partial charge < -0.3 is 11.1 Å². The minimum absolute atomic E-state index is 0.279. The number of rotatable bonds is 5. The number of para-hydroxylation sites is 1. The van der Waals surface area contributed by atoms with E-state index in [0.29, 0.717) is 5.82 Å². The van der Waals surface area contributed by atoms with Crippen LogP contribution >= 0.6 is 0 Å². The number of pyridine rings is 1. The lowest BCUT2D eigenvalue weighted by molar-refractivity contribution is 0.0957. The Bertz CT molecular complexity index is 883. The highest BCUT2D eigenvalue weighted by Gasteiger charge is 2.11. The van der Waals surface area contributed by atoms with Gasteiger partial charge in [-0.15, -0.1) is 0 Å². The summed E-state index contributed by atoms with van der Waals surface area (Å²) in [6.07, 6.45) is 2.89. The number of nitrogens with zero attached hydrogens (tertiary/aromatic N) is 3. The highest BCUT2D eigenvalue weighted by atomic mass is 16.2. The van der Waals surface area contributed by atoms with Gasteiger partial charge in [-0.2, -0.15) is 0 Å². The SMILES string of the molecule is Cc1ccccc1Nc1ncnc(NNC(=O)c2ccccn2)c1N. The third-order valence-electron chi connectivity index (χ3n) is 3.47. The van der Waals surface area contributed by atoms with Gasteiger partial charge in [0, 0.05) is 11.9 Å². The smallest absolute Gasteiger partial charge is 0.288 e. The number of nitrogens with two attached hydrogens (primary N) is 1. The molecule has 2 aromatic heterocycles. The van der Waals surface area contributed by atoms with E-state index >= 15 is 0 Å². The third-order valence-corrected chi connectivity index (χ3v) is 3.47. The van der Waals surface area contributed by atoms with Crippen molar-refractivity contribution in [2.24, 2.45) is 0 Å². The molecule has 3 rings (SSSR count). The molecule has 0 spiro atoms. The summed E-state index contributed by atoms with van der Waals surface area (Å²) in [7, 11) is 0. The largest absolute Gasteiger partial charge is 0.393 e. The number of aromatic nitrogens is 3. The molecule has 0 saturated heterocycles. The van der Waals surface area contributed by atoms with Gasteiger partial charge in [-0.05, 0) is 30.7 Å². The molecule has 0 atom stereocenters. The van der Waals surface area contributed by atoms with Crippen molar-refractivity contribution in [2.45, 2.75) is 6.92 Å². The molecule has 0 aliphatic heterocycles. The highest BCUT2D eigenvalue weighted by Crippen LogP contribution is 2.26. The Morgan fingerprint density at radius 1 is 1.00 bits per heavy atom. The fourth-order valence-corrected chi connectivity index (χ4v) is 2.11. The lowest BCUT2D eigenvalue weighted by Crippen LogP contribution is -2.31. The second kappa shape index (κ2) is 7.26. The fourth-order valence-electron chi connectivity index (χ4n) is 2.11. The van der Waals surface area contributed by atoms with Crippen LogP contribution in [0.15, 0.2) is 55.0 Å². The van der Waals surface area contributed by atoms with E-state index in [4.69, 9.17) is 5.73 Å². The van der Waals surface area contributed by atoms with Gasteiger partial charge >= 0.3 is 0 Å². The minimum Gasteiger partial charge on any atom is -0.393 e. The Hall–Kier alpha value is -3.68. The maximum Gasteiger partial charge on any atom is 0.288 e. The summed E-state index contributed by atoms with van der Waals surface area (Å²) in [5.41, 5.74) is 13.8. The van der Waals surface area contributed by atoms with Crippen LogP contribution in [0.25, 0.3) is 0 Å². The maximum atomic E-state index is 12.0. The summed E-state index contributed by atoms with van der Waals surface area (Å²) in [6, 6.07) is 12.8. The quantitative estimate of drug-likeness (QED) is 0.528. The summed E-state index contributed by atoms with van der Waals surface area (Å²) in [5.74, 6) is 0.335. The third kappa shape index (κ3) is 3.81. The molecule has 8 nitrogen and oxygen atoms in total. The molecule has 3 aromatic rings. The molecule has 5 N–H and O–H groups in total. The van der Waals surface area contributed by atoms with E-state index in [0.717, 1.165) is 11.3 Å². The zero-order chi connectivity index (χ0) is 17.6. The van der Waals surface area contributed by atoms with Crippen LogP contribution in [0.2, 0.25) is 0 Å². The molecule has 0 unspecified atom stereocenters. The van der Waals surface area contributed by atoms with E-state index in [-0.39, 0.29) is 17.2 Å². The van der Waals surface area contributed by atoms with Crippen molar-refractivity contribution in [1.82, 2.24) is 20.4 Å². The van der Waals surface area contributed by atoms with Crippen molar-refractivity contribution in [1.29, 1.82) is 0 Å². The summed E-state index contributed by atoms with van der Waals surface area (Å²) in [6.45, 7) is 1.98.